The van der Waals surface area contributed by atoms with Crippen molar-refractivity contribution in [3.8, 4) is 6.07 Å². The van der Waals surface area contributed by atoms with Crippen LogP contribution in [-0.2, 0) is 4.79 Å². The Kier molecular flexibility index (Phi) is 6.23. The quantitative estimate of drug-likeness (QED) is 0.849. The fourth-order valence-electron chi connectivity index (χ4n) is 1.43. The van der Waals surface area contributed by atoms with Gasteiger partial charge < -0.3 is 10.6 Å². The van der Waals surface area contributed by atoms with E-state index in [1.807, 2.05) is 13.0 Å². The molecule has 0 aromatic heterocycles. The van der Waals surface area contributed by atoms with E-state index in [-0.39, 0.29) is 5.91 Å². The average molecular weight is 310 g/mol. The fraction of sp³-hybridized carbons (Fsp3) is 0.385. The van der Waals surface area contributed by atoms with Crippen molar-refractivity contribution in [1.29, 1.82) is 5.26 Å². The summed E-state index contributed by atoms with van der Waals surface area (Å²) in [6, 6.07) is 7.47. The number of nitrogens with one attached hydrogen (secondary N) is 2. The Morgan fingerprint density at radius 2 is 2.17 bits per heavy atom. The van der Waals surface area contributed by atoms with Crippen molar-refractivity contribution >= 4 is 27.5 Å². The second kappa shape index (κ2) is 7.72. The molecule has 0 bridgehead atoms. The highest BCUT2D eigenvalue weighted by molar-refractivity contribution is 9.10. The van der Waals surface area contributed by atoms with Gasteiger partial charge in [-0.2, -0.15) is 5.26 Å². The first kappa shape index (κ1) is 14.5. The molecule has 0 aliphatic rings. The standard InChI is InChI=1S/C13H16BrN3O/c1-2-4-17-13(18)3-5-16-12-7-10(9-15)6-11(14)8-12/h6-8,16H,2-5H2,1H3,(H,17,18). The molecule has 0 unspecified atom stereocenters. The number of carbonyl (C=O) groups excluding carboxylic acids is 1. The van der Waals surface area contributed by atoms with Crippen LogP contribution in [0.5, 0.6) is 0 Å². The minimum Gasteiger partial charge on any atom is -0.384 e. The first-order valence-electron chi connectivity index (χ1n) is 5.87. The monoisotopic (exact) mass is 309 g/mol. The zero-order valence-corrected chi connectivity index (χ0v) is 11.9. The van der Waals surface area contributed by atoms with Crippen molar-refractivity contribution in [3.63, 3.8) is 0 Å². The average Bonchev–Trinajstić information content (AvgIpc) is 2.35. The van der Waals surface area contributed by atoms with Crippen molar-refractivity contribution in [2.45, 2.75) is 19.8 Å². The summed E-state index contributed by atoms with van der Waals surface area (Å²) in [7, 11) is 0. The molecular weight excluding hydrogens is 294 g/mol. The highest BCUT2D eigenvalue weighted by Crippen LogP contribution is 2.19. The van der Waals surface area contributed by atoms with E-state index in [9.17, 15) is 4.79 Å². The maximum absolute atomic E-state index is 11.4. The van der Waals surface area contributed by atoms with Crippen LogP contribution in [0.3, 0.4) is 0 Å². The first-order valence-corrected chi connectivity index (χ1v) is 6.66. The maximum atomic E-state index is 11.4. The number of carbonyl (C=O) groups is 1. The number of halogens is 1. The highest BCUT2D eigenvalue weighted by Gasteiger charge is 2.01. The molecule has 1 aromatic carbocycles. The Morgan fingerprint density at radius 3 is 2.83 bits per heavy atom. The summed E-state index contributed by atoms with van der Waals surface area (Å²) >= 11 is 3.34. The van der Waals surface area contributed by atoms with Gasteiger partial charge >= 0.3 is 0 Å². The summed E-state index contributed by atoms with van der Waals surface area (Å²) in [5.41, 5.74) is 1.42. The number of amides is 1. The Hall–Kier alpha value is -1.54. The number of hydrogen-bond donors (Lipinski definition) is 2. The van der Waals surface area contributed by atoms with Crippen LogP contribution < -0.4 is 10.6 Å². The van der Waals surface area contributed by atoms with Gasteiger partial charge in [0, 0.05) is 29.7 Å². The topological polar surface area (TPSA) is 64.9 Å². The summed E-state index contributed by atoms with van der Waals surface area (Å²) < 4.78 is 0.847. The maximum Gasteiger partial charge on any atom is 0.221 e. The minimum atomic E-state index is 0.0415. The lowest BCUT2D eigenvalue weighted by molar-refractivity contribution is -0.120. The number of nitriles is 1. The van der Waals surface area contributed by atoms with Gasteiger partial charge in [-0.15, -0.1) is 0 Å². The fourth-order valence-corrected chi connectivity index (χ4v) is 1.92. The largest absolute Gasteiger partial charge is 0.384 e. The van der Waals surface area contributed by atoms with E-state index >= 15 is 0 Å². The molecule has 0 aliphatic heterocycles. The molecule has 1 aromatic rings. The number of nitrogens with zero attached hydrogens (tertiary/aromatic N) is 1. The predicted molar refractivity (Wildman–Crippen MR) is 75.3 cm³/mol. The summed E-state index contributed by atoms with van der Waals surface area (Å²) in [4.78, 5) is 11.4. The van der Waals surface area contributed by atoms with Crippen LogP contribution in [0.1, 0.15) is 25.3 Å². The van der Waals surface area contributed by atoms with E-state index in [1.54, 1.807) is 12.1 Å². The third-order valence-electron chi connectivity index (χ3n) is 2.28. The van der Waals surface area contributed by atoms with E-state index in [0.29, 0.717) is 25.1 Å². The van der Waals surface area contributed by atoms with Crippen LogP contribution in [-0.4, -0.2) is 19.0 Å². The molecule has 0 heterocycles. The normalized spacial score (nSPS) is 9.61. The van der Waals surface area contributed by atoms with Gasteiger partial charge in [0.25, 0.3) is 0 Å². The lowest BCUT2D eigenvalue weighted by Crippen LogP contribution is -2.25. The van der Waals surface area contributed by atoms with Crippen molar-refractivity contribution in [3.05, 3.63) is 28.2 Å². The van der Waals surface area contributed by atoms with Crippen molar-refractivity contribution in [1.82, 2.24) is 5.32 Å². The molecule has 5 heteroatoms. The number of anilines is 1. The first-order chi connectivity index (χ1) is 8.65. The summed E-state index contributed by atoms with van der Waals surface area (Å²) in [5, 5.41) is 14.8. The van der Waals surface area contributed by atoms with Crippen LogP contribution in [0.25, 0.3) is 0 Å². The molecule has 18 heavy (non-hydrogen) atoms. The Morgan fingerprint density at radius 1 is 1.39 bits per heavy atom. The van der Waals surface area contributed by atoms with Crippen LogP contribution in [0.4, 0.5) is 5.69 Å². The van der Waals surface area contributed by atoms with Gasteiger partial charge in [0.15, 0.2) is 0 Å². The van der Waals surface area contributed by atoms with Gasteiger partial charge in [-0.05, 0) is 24.6 Å². The van der Waals surface area contributed by atoms with Crippen LogP contribution in [0.2, 0.25) is 0 Å². The van der Waals surface area contributed by atoms with Gasteiger partial charge in [-0.3, -0.25) is 4.79 Å². The van der Waals surface area contributed by atoms with E-state index < -0.39 is 0 Å². The molecule has 0 radical (unpaired) electrons. The predicted octanol–water partition coefficient (Wildman–Crippen LogP) is 2.65. The van der Waals surface area contributed by atoms with Crippen LogP contribution in [0.15, 0.2) is 22.7 Å². The van der Waals surface area contributed by atoms with Crippen molar-refractivity contribution < 1.29 is 4.79 Å². The SMILES string of the molecule is CCCNC(=O)CCNc1cc(Br)cc(C#N)c1. The lowest BCUT2D eigenvalue weighted by atomic mass is 10.2. The van der Waals surface area contributed by atoms with E-state index in [1.165, 1.54) is 0 Å². The molecular formula is C13H16BrN3O. The number of rotatable bonds is 6. The smallest absolute Gasteiger partial charge is 0.221 e. The molecule has 0 atom stereocenters. The van der Waals surface area contributed by atoms with E-state index in [4.69, 9.17) is 5.26 Å². The Labute approximate surface area is 116 Å². The molecule has 0 fully saturated rings. The third-order valence-corrected chi connectivity index (χ3v) is 2.74. The zero-order chi connectivity index (χ0) is 13.4. The van der Waals surface area contributed by atoms with Gasteiger partial charge in [0.2, 0.25) is 5.91 Å². The number of hydrogen-bond acceptors (Lipinski definition) is 3. The number of benzene rings is 1. The van der Waals surface area contributed by atoms with E-state index in [2.05, 4.69) is 32.6 Å². The molecule has 96 valence electrons. The van der Waals surface area contributed by atoms with E-state index in [0.717, 1.165) is 16.6 Å². The van der Waals surface area contributed by atoms with Gasteiger partial charge in [0.1, 0.15) is 0 Å². The third kappa shape index (κ3) is 5.19. The molecule has 0 saturated carbocycles. The lowest BCUT2D eigenvalue weighted by Gasteiger charge is -2.07. The van der Waals surface area contributed by atoms with Crippen molar-refractivity contribution in [2.24, 2.45) is 0 Å². The van der Waals surface area contributed by atoms with Gasteiger partial charge in [-0.25, -0.2) is 0 Å². The van der Waals surface area contributed by atoms with Crippen LogP contribution >= 0.6 is 15.9 Å². The summed E-state index contributed by atoms with van der Waals surface area (Å²) in [5.74, 6) is 0.0415. The molecule has 0 spiro atoms. The van der Waals surface area contributed by atoms with Gasteiger partial charge in [0.05, 0.1) is 11.6 Å². The van der Waals surface area contributed by atoms with Crippen LogP contribution in [0, 0.1) is 11.3 Å². The Balaban J connectivity index is 2.42. The van der Waals surface area contributed by atoms with Crippen molar-refractivity contribution in [2.75, 3.05) is 18.4 Å². The second-order valence-electron chi connectivity index (χ2n) is 3.87. The summed E-state index contributed by atoms with van der Waals surface area (Å²) in [6.45, 7) is 3.29. The molecule has 2 N–H and O–H groups in total. The molecule has 0 aliphatic carbocycles. The highest BCUT2D eigenvalue weighted by atomic mass is 79.9. The molecule has 0 saturated heterocycles. The molecule has 4 nitrogen and oxygen atoms in total. The molecule has 1 rings (SSSR count). The minimum absolute atomic E-state index is 0.0415. The zero-order valence-electron chi connectivity index (χ0n) is 10.3. The van der Waals surface area contributed by atoms with Gasteiger partial charge in [-0.1, -0.05) is 22.9 Å². The Bertz CT molecular complexity index is 454. The molecule has 1 amide bonds. The second-order valence-corrected chi connectivity index (χ2v) is 4.78. The summed E-state index contributed by atoms with van der Waals surface area (Å²) in [6.07, 6.45) is 1.37.